The van der Waals surface area contributed by atoms with Crippen molar-refractivity contribution in [3.05, 3.63) is 0 Å². The Morgan fingerprint density at radius 2 is 1.80 bits per heavy atom. The third kappa shape index (κ3) is 6.13. The Morgan fingerprint density at radius 1 is 1.16 bits per heavy atom. The minimum Gasteiger partial charge on any atom is -0.337 e. The van der Waals surface area contributed by atoms with Crippen molar-refractivity contribution in [2.24, 2.45) is 16.7 Å². The molecule has 1 aliphatic heterocycles. The number of hydrogen-bond donors (Lipinski definition) is 2. The van der Waals surface area contributed by atoms with Crippen LogP contribution in [0.3, 0.4) is 0 Å². The number of urea groups is 1. The minimum atomic E-state index is -3.23. The van der Waals surface area contributed by atoms with E-state index in [1.807, 2.05) is 0 Å². The minimum absolute atomic E-state index is 0.0167. The smallest absolute Gasteiger partial charge is 0.317 e. The van der Waals surface area contributed by atoms with Crippen LogP contribution in [0.15, 0.2) is 0 Å². The zero-order valence-electron chi connectivity index (χ0n) is 16.2. The highest BCUT2D eigenvalue weighted by molar-refractivity contribution is 7.89. The van der Waals surface area contributed by atoms with E-state index in [-0.39, 0.29) is 23.1 Å². The van der Waals surface area contributed by atoms with Gasteiger partial charge in [-0.25, -0.2) is 17.9 Å². The van der Waals surface area contributed by atoms with Crippen LogP contribution in [0, 0.1) is 16.7 Å². The van der Waals surface area contributed by atoms with E-state index in [4.69, 9.17) is 0 Å². The van der Waals surface area contributed by atoms with E-state index in [9.17, 15) is 13.2 Å². The van der Waals surface area contributed by atoms with E-state index in [1.54, 1.807) is 4.90 Å². The van der Waals surface area contributed by atoms with E-state index in [1.165, 1.54) is 19.9 Å². The number of amides is 2. The predicted octanol–water partition coefficient (Wildman–Crippen LogP) is 2.56. The SMILES string of the molecule is CNS(=O)(=O)CC1CCCN(C(=O)NCC2(C)CCC(C)(C)CC2)C1. The number of rotatable bonds is 5. The molecule has 2 N–H and O–H groups in total. The fraction of sp³-hybridized carbons (Fsp3) is 0.944. The van der Waals surface area contributed by atoms with Gasteiger partial charge in [-0.05, 0) is 62.3 Å². The molecule has 2 rings (SSSR count). The number of carbonyl (C=O) groups is 1. The Morgan fingerprint density at radius 3 is 2.40 bits per heavy atom. The van der Waals surface area contributed by atoms with Gasteiger partial charge in [-0.15, -0.1) is 0 Å². The van der Waals surface area contributed by atoms with E-state index in [0.29, 0.717) is 25.0 Å². The van der Waals surface area contributed by atoms with Gasteiger partial charge in [0.05, 0.1) is 5.75 Å². The lowest BCUT2D eigenvalue weighted by Crippen LogP contribution is -2.49. The normalized spacial score (nSPS) is 26.2. The Kier molecular flexibility index (Phi) is 6.41. The van der Waals surface area contributed by atoms with Gasteiger partial charge in [0.1, 0.15) is 0 Å². The molecule has 1 saturated carbocycles. The summed E-state index contributed by atoms with van der Waals surface area (Å²) in [5.41, 5.74) is 0.595. The van der Waals surface area contributed by atoms with Gasteiger partial charge < -0.3 is 10.2 Å². The number of sulfonamides is 1. The summed E-state index contributed by atoms with van der Waals surface area (Å²) in [5.74, 6) is 0.114. The second-order valence-electron chi connectivity index (χ2n) is 9.07. The third-order valence-corrected chi connectivity index (χ3v) is 7.58. The van der Waals surface area contributed by atoms with Crippen molar-refractivity contribution in [1.82, 2.24) is 14.9 Å². The third-order valence-electron chi connectivity index (χ3n) is 6.05. The molecule has 6 nitrogen and oxygen atoms in total. The summed E-state index contributed by atoms with van der Waals surface area (Å²) in [6, 6.07) is -0.0439. The van der Waals surface area contributed by atoms with Crippen LogP contribution in [-0.4, -0.2) is 51.8 Å². The Balaban J connectivity index is 1.82. The fourth-order valence-electron chi connectivity index (χ4n) is 3.89. The molecular formula is C18H35N3O3S. The van der Waals surface area contributed by atoms with Crippen molar-refractivity contribution in [2.45, 2.75) is 59.3 Å². The lowest BCUT2D eigenvalue weighted by atomic mass is 9.66. The maximum Gasteiger partial charge on any atom is 0.317 e. The molecular weight excluding hydrogens is 338 g/mol. The lowest BCUT2D eigenvalue weighted by Gasteiger charge is -2.42. The molecule has 2 fully saturated rings. The fourth-order valence-corrected chi connectivity index (χ4v) is 4.95. The van der Waals surface area contributed by atoms with Crippen LogP contribution in [0.2, 0.25) is 0 Å². The van der Waals surface area contributed by atoms with E-state index in [0.717, 1.165) is 25.7 Å². The molecule has 0 aromatic heterocycles. The van der Waals surface area contributed by atoms with Crippen LogP contribution in [0.4, 0.5) is 4.79 Å². The molecule has 0 radical (unpaired) electrons. The molecule has 1 saturated heterocycles. The molecule has 0 bridgehead atoms. The zero-order valence-corrected chi connectivity index (χ0v) is 17.0. The predicted molar refractivity (Wildman–Crippen MR) is 101 cm³/mol. The summed E-state index contributed by atoms with van der Waals surface area (Å²) in [7, 11) is -1.79. The standard InChI is InChI=1S/C18H35N3O3S/c1-17(2)7-9-18(3,10-8-17)14-20-16(22)21-11-5-6-15(12-21)13-25(23,24)19-4/h15,19H,5-14H2,1-4H3,(H,20,22). The van der Waals surface area contributed by atoms with Crippen molar-refractivity contribution in [2.75, 3.05) is 32.4 Å². The lowest BCUT2D eigenvalue weighted by molar-refractivity contribution is 0.112. The summed E-state index contributed by atoms with van der Waals surface area (Å²) < 4.78 is 25.8. The molecule has 1 aliphatic carbocycles. The maximum absolute atomic E-state index is 12.5. The molecule has 25 heavy (non-hydrogen) atoms. The Hall–Kier alpha value is -0.820. The van der Waals surface area contributed by atoms with Crippen molar-refractivity contribution < 1.29 is 13.2 Å². The van der Waals surface area contributed by atoms with Crippen molar-refractivity contribution in [3.8, 4) is 0 Å². The van der Waals surface area contributed by atoms with Gasteiger partial charge in [-0.3, -0.25) is 0 Å². The molecule has 2 amide bonds. The second kappa shape index (κ2) is 7.82. The number of likely N-dealkylation sites (tertiary alicyclic amines) is 1. The van der Waals surface area contributed by atoms with Gasteiger partial charge in [0.2, 0.25) is 10.0 Å². The van der Waals surface area contributed by atoms with Crippen LogP contribution >= 0.6 is 0 Å². The van der Waals surface area contributed by atoms with E-state index in [2.05, 4.69) is 30.8 Å². The van der Waals surface area contributed by atoms with Gasteiger partial charge in [-0.1, -0.05) is 20.8 Å². The molecule has 146 valence electrons. The first-order valence-corrected chi connectivity index (χ1v) is 11.1. The van der Waals surface area contributed by atoms with Gasteiger partial charge >= 0.3 is 6.03 Å². The maximum atomic E-state index is 12.5. The zero-order chi connectivity index (χ0) is 18.7. The van der Waals surface area contributed by atoms with Gasteiger partial charge in [0.15, 0.2) is 0 Å². The summed E-state index contributed by atoms with van der Waals surface area (Å²) in [4.78, 5) is 14.3. The molecule has 1 heterocycles. The second-order valence-corrected chi connectivity index (χ2v) is 11.0. The number of carbonyl (C=O) groups excluding carboxylic acids is 1. The largest absolute Gasteiger partial charge is 0.337 e. The van der Waals surface area contributed by atoms with Crippen LogP contribution in [0.1, 0.15) is 59.3 Å². The van der Waals surface area contributed by atoms with Gasteiger partial charge in [-0.2, -0.15) is 0 Å². The highest BCUT2D eigenvalue weighted by Gasteiger charge is 2.35. The topological polar surface area (TPSA) is 78.5 Å². The average molecular weight is 374 g/mol. The van der Waals surface area contributed by atoms with Crippen LogP contribution in [-0.2, 0) is 10.0 Å². The Bertz CT molecular complexity index is 564. The summed E-state index contributed by atoms with van der Waals surface area (Å²) in [5, 5.41) is 3.11. The number of piperidine rings is 1. The van der Waals surface area contributed by atoms with Crippen molar-refractivity contribution in [3.63, 3.8) is 0 Å². The quantitative estimate of drug-likeness (QED) is 0.777. The van der Waals surface area contributed by atoms with Crippen molar-refractivity contribution in [1.29, 1.82) is 0 Å². The van der Waals surface area contributed by atoms with Crippen molar-refractivity contribution >= 4 is 16.1 Å². The van der Waals surface area contributed by atoms with E-state index < -0.39 is 10.0 Å². The monoisotopic (exact) mass is 373 g/mol. The number of nitrogens with zero attached hydrogens (tertiary/aromatic N) is 1. The first-order valence-electron chi connectivity index (χ1n) is 9.48. The first kappa shape index (κ1) is 20.5. The van der Waals surface area contributed by atoms with Crippen LogP contribution < -0.4 is 10.0 Å². The van der Waals surface area contributed by atoms with Gasteiger partial charge in [0.25, 0.3) is 0 Å². The van der Waals surface area contributed by atoms with Crippen LogP contribution in [0.25, 0.3) is 0 Å². The average Bonchev–Trinajstić information content (AvgIpc) is 2.56. The van der Waals surface area contributed by atoms with Crippen LogP contribution in [0.5, 0.6) is 0 Å². The number of hydrogen-bond acceptors (Lipinski definition) is 3. The molecule has 7 heteroatoms. The first-order chi connectivity index (χ1) is 11.5. The molecule has 1 unspecified atom stereocenters. The van der Waals surface area contributed by atoms with Gasteiger partial charge in [0, 0.05) is 19.6 Å². The molecule has 0 spiro atoms. The molecule has 0 aromatic carbocycles. The summed E-state index contributed by atoms with van der Waals surface area (Å²) in [6.45, 7) is 8.84. The summed E-state index contributed by atoms with van der Waals surface area (Å²) >= 11 is 0. The highest BCUT2D eigenvalue weighted by Crippen LogP contribution is 2.44. The number of nitrogens with one attached hydrogen (secondary N) is 2. The highest BCUT2D eigenvalue weighted by atomic mass is 32.2. The molecule has 2 aliphatic rings. The summed E-state index contributed by atoms with van der Waals surface area (Å²) in [6.07, 6.45) is 6.41. The van der Waals surface area contributed by atoms with E-state index >= 15 is 0 Å². The Labute approximate surface area is 153 Å². The molecule has 0 aromatic rings. The molecule has 1 atom stereocenters.